The Bertz CT molecular complexity index is 447. The van der Waals surface area contributed by atoms with Crippen LogP contribution in [-0.2, 0) is 5.41 Å². The maximum Gasteiger partial charge on any atom is 0.231 e. The minimum absolute atomic E-state index is 0.274. The van der Waals surface area contributed by atoms with Crippen LogP contribution in [0.25, 0.3) is 0 Å². The van der Waals surface area contributed by atoms with Crippen molar-refractivity contribution in [1.82, 2.24) is 0 Å². The Balaban J connectivity index is 2.36. The van der Waals surface area contributed by atoms with E-state index in [0.29, 0.717) is 5.76 Å². The molecule has 17 heavy (non-hydrogen) atoms. The molecule has 1 aliphatic rings. The monoisotopic (exact) mass is 234 g/mol. The predicted molar refractivity (Wildman–Crippen MR) is 66.6 cm³/mol. The molecule has 0 unspecified atom stereocenters. The van der Waals surface area contributed by atoms with E-state index in [0.717, 1.165) is 23.5 Å². The number of aliphatic hydroxyl groups excluding tert-OH is 1. The normalized spacial score (nSPS) is 15.1. The van der Waals surface area contributed by atoms with Gasteiger partial charge in [-0.3, -0.25) is 0 Å². The summed E-state index contributed by atoms with van der Waals surface area (Å²) in [4.78, 5) is 0. The van der Waals surface area contributed by atoms with E-state index in [-0.39, 0.29) is 6.79 Å². The summed E-state index contributed by atoms with van der Waals surface area (Å²) in [6.07, 6.45) is 2.66. The van der Waals surface area contributed by atoms with E-state index in [1.54, 1.807) is 0 Å². The van der Waals surface area contributed by atoms with Gasteiger partial charge < -0.3 is 14.6 Å². The summed E-state index contributed by atoms with van der Waals surface area (Å²) in [7, 11) is 0. The van der Waals surface area contributed by atoms with Crippen molar-refractivity contribution in [3.8, 4) is 11.5 Å². The van der Waals surface area contributed by atoms with Crippen molar-refractivity contribution in [2.45, 2.75) is 32.6 Å². The molecule has 0 atom stereocenters. The van der Waals surface area contributed by atoms with Crippen LogP contribution in [0.1, 0.15) is 32.8 Å². The van der Waals surface area contributed by atoms with E-state index < -0.39 is 5.41 Å². The lowest BCUT2D eigenvalue weighted by atomic mass is 9.82. The maximum absolute atomic E-state index is 10.1. The number of allylic oxidation sites excluding steroid dienone is 2. The molecule has 0 radical (unpaired) electrons. The summed E-state index contributed by atoms with van der Waals surface area (Å²) >= 11 is 0. The lowest BCUT2D eigenvalue weighted by Gasteiger charge is -2.25. The molecular formula is C14H18O3. The first kappa shape index (κ1) is 11.8. The van der Waals surface area contributed by atoms with E-state index in [1.165, 1.54) is 0 Å². The van der Waals surface area contributed by atoms with Gasteiger partial charge in [0, 0.05) is 5.41 Å². The standard InChI is InChI=1S/C14H18O3/c1-4-5-13(15)14(2,3)10-6-7-11-12(8-10)17-9-16-11/h5-8,15H,4,9H2,1-3H3/b13-5+. The molecule has 3 heteroatoms. The molecule has 0 aromatic heterocycles. The van der Waals surface area contributed by atoms with Gasteiger partial charge in [-0.2, -0.15) is 0 Å². The molecular weight excluding hydrogens is 216 g/mol. The lowest BCUT2D eigenvalue weighted by Crippen LogP contribution is -2.20. The molecule has 2 rings (SSSR count). The maximum atomic E-state index is 10.1. The average molecular weight is 234 g/mol. The second-order valence-corrected chi connectivity index (χ2v) is 4.69. The molecule has 92 valence electrons. The van der Waals surface area contributed by atoms with Gasteiger partial charge in [0.25, 0.3) is 0 Å². The van der Waals surface area contributed by atoms with Crippen LogP contribution >= 0.6 is 0 Å². The van der Waals surface area contributed by atoms with Gasteiger partial charge in [0.15, 0.2) is 11.5 Å². The van der Waals surface area contributed by atoms with E-state index in [4.69, 9.17) is 9.47 Å². The van der Waals surface area contributed by atoms with Gasteiger partial charge in [0.05, 0.1) is 5.76 Å². The Morgan fingerprint density at radius 1 is 1.35 bits per heavy atom. The largest absolute Gasteiger partial charge is 0.512 e. The van der Waals surface area contributed by atoms with Crippen LogP contribution < -0.4 is 9.47 Å². The Morgan fingerprint density at radius 2 is 2.06 bits per heavy atom. The number of fused-ring (bicyclic) bond motifs is 1. The second-order valence-electron chi connectivity index (χ2n) is 4.69. The predicted octanol–water partition coefficient (Wildman–Crippen LogP) is 3.54. The third-order valence-electron chi connectivity index (χ3n) is 3.13. The third-order valence-corrected chi connectivity index (χ3v) is 3.13. The summed E-state index contributed by atoms with van der Waals surface area (Å²) in [6, 6.07) is 5.79. The fourth-order valence-electron chi connectivity index (χ4n) is 1.88. The van der Waals surface area contributed by atoms with Crippen LogP contribution in [-0.4, -0.2) is 11.9 Å². The van der Waals surface area contributed by atoms with E-state index in [2.05, 4.69) is 0 Å². The SMILES string of the molecule is CC/C=C(/O)C(C)(C)c1ccc2c(c1)OCO2. The highest BCUT2D eigenvalue weighted by Gasteiger charge is 2.27. The summed E-state index contributed by atoms with van der Waals surface area (Å²) in [5.41, 5.74) is 0.612. The van der Waals surface area contributed by atoms with Gasteiger partial charge >= 0.3 is 0 Å². The fourth-order valence-corrected chi connectivity index (χ4v) is 1.88. The van der Waals surface area contributed by atoms with E-state index >= 15 is 0 Å². The highest BCUT2D eigenvalue weighted by Crippen LogP contribution is 2.38. The van der Waals surface area contributed by atoms with Crippen molar-refractivity contribution < 1.29 is 14.6 Å². The topological polar surface area (TPSA) is 38.7 Å². The molecule has 1 N–H and O–H groups in total. The Hall–Kier alpha value is -1.64. The van der Waals surface area contributed by atoms with Crippen molar-refractivity contribution in [2.24, 2.45) is 0 Å². The molecule has 0 aliphatic carbocycles. The molecule has 0 amide bonds. The summed E-state index contributed by atoms with van der Waals surface area (Å²) in [5, 5.41) is 10.1. The highest BCUT2D eigenvalue weighted by molar-refractivity contribution is 5.47. The van der Waals surface area contributed by atoms with Crippen LogP contribution in [0, 0.1) is 0 Å². The summed E-state index contributed by atoms with van der Waals surface area (Å²) in [6.45, 7) is 6.26. The van der Waals surface area contributed by atoms with Crippen molar-refractivity contribution >= 4 is 0 Å². The van der Waals surface area contributed by atoms with Gasteiger partial charge in [0.1, 0.15) is 0 Å². The molecule has 0 bridgehead atoms. The van der Waals surface area contributed by atoms with E-state index in [9.17, 15) is 5.11 Å². The first-order valence-corrected chi connectivity index (χ1v) is 5.85. The van der Waals surface area contributed by atoms with Gasteiger partial charge in [-0.25, -0.2) is 0 Å². The first-order chi connectivity index (χ1) is 8.05. The van der Waals surface area contributed by atoms with Crippen molar-refractivity contribution in [3.05, 3.63) is 35.6 Å². The van der Waals surface area contributed by atoms with Crippen molar-refractivity contribution in [2.75, 3.05) is 6.79 Å². The first-order valence-electron chi connectivity index (χ1n) is 5.85. The molecule has 1 aromatic rings. The third kappa shape index (κ3) is 2.09. The molecule has 0 spiro atoms. The molecule has 0 saturated heterocycles. The number of aliphatic hydroxyl groups is 1. The fraction of sp³-hybridized carbons (Fsp3) is 0.429. The number of hydrogen-bond donors (Lipinski definition) is 1. The van der Waals surface area contributed by atoms with Gasteiger partial charge in [-0.1, -0.05) is 13.0 Å². The zero-order valence-electron chi connectivity index (χ0n) is 10.5. The van der Waals surface area contributed by atoms with Crippen LogP contribution in [0.2, 0.25) is 0 Å². The molecule has 1 heterocycles. The molecule has 3 nitrogen and oxygen atoms in total. The molecule has 0 saturated carbocycles. The number of rotatable bonds is 3. The van der Waals surface area contributed by atoms with Gasteiger partial charge in [-0.15, -0.1) is 0 Å². The summed E-state index contributed by atoms with van der Waals surface area (Å²) in [5.74, 6) is 1.90. The highest BCUT2D eigenvalue weighted by atomic mass is 16.7. The molecule has 0 fully saturated rings. The zero-order valence-corrected chi connectivity index (χ0v) is 10.5. The molecule has 1 aromatic carbocycles. The smallest absolute Gasteiger partial charge is 0.231 e. The van der Waals surface area contributed by atoms with Crippen molar-refractivity contribution in [1.29, 1.82) is 0 Å². The van der Waals surface area contributed by atoms with E-state index in [1.807, 2.05) is 45.0 Å². The lowest BCUT2D eigenvalue weighted by molar-refractivity contribution is 0.174. The minimum atomic E-state index is -0.406. The van der Waals surface area contributed by atoms with Crippen molar-refractivity contribution in [3.63, 3.8) is 0 Å². The van der Waals surface area contributed by atoms with Gasteiger partial charge in [0.2, 0.25) is 6.79 Å². The van der Waals surface area contributed by atoms with Crippen LogP contribution in [0.3, 0.4) is 0 Å². The Labute approximate surface area is 102 Å². The van der Waals surface area contributed by atoms with Crippen LogP contribution in [0.5, 0.6) is 11.5 Å². The van der Waals surface area contributed by atoms with Gasteiger partial charge in [-0.05, 0) is 44.0 Å². The number of benzene rings is 1. The zero-order chi connectivity index (χ0) is 12.5. The minimum Gasteiger partial charge on any atom is -0.512 e. The van der Waals surface area contributed by atoms with Crippen LogP contribution in [0.15, 0.2) is 30.0 Å². The van der Waals surface area contributed by atoms with Crippen LogP contribution in [0.4, 0.5) is 0 Å². The average Bonchev–Trinajstić information content (AvgIpc) is 2.76. The second kappa shape index (κ2) is 4.32. The molecule has 1 aliphatic heterocycles. The Morgan fingerprint density at radius 3 is 2.76 bits per heavy atom. The number of ether oxygens (including phenoxy) is 2. The Kier molecular flexibility index (Phi) is 3.01. The summed E-state index contributed by atoms with van der Waals surface area (Å²) < 4.78 is 10.6. The number of hydrogen-bond acceptors (Lipinski definition) is 3. The quantitative estimate of drug-likeness (QED) is 0.813.